The molecule has 1 aromatic carbocycles. The molecule has 1 N–H and O–H groups in total. The fraction of sp³-hybridized carbons (Fsp3) is 0.368. The number of nitrogens with zero attached hydrogens (tertiary/aromatic N) is 2. The molecule has 0 atom stereocenters. The van der Waals surface area contributed by atoms with Gasteiger partial charge in [0.25, 0.3) is 0 Å². The molecule has 2 heterocycles. The van der Waals surface area contributed by atoms with E-state index in [4.69, 9.17) is 16.3 Å². The van der Waals surface area contributed by atoms with Gasteiger partial charge in [-0.25, -0.2) is 13.2 Å². The number of esters is 1. The normalized spacial score (nSPS) is 14.1. The molecule has 3 rings (SSSR count). The lowest BCUT2D eigenvalue weighted by atomic mass is 10.0. The van der Waals surface area contributed by atoms with Crippen molar-refractivity contribution in [2.45, 2.75) is 13.0 Å². The molecule has 0 bridgehead atoms. The molecule has 0 saturated heterocycles. The zero-order valence-electron chi connectivity index (χ0n) is 16.8. The summed E-state index contributed by atoms with van der Waals surface area (Å²) in [5.74, 6) is -1.11. The summed E-state index contributed by atoms with van der Waals surface area (Å²) in [7, 11) is -0.509. The highest BCUT2D eigenvalue weighted by atomic mass is 35.5. The van der Waals surface area contributed by atoms with Crippen LogP contribution in [0, 0.1) is 0 Å². The van der Waals surface area contributed by atoms with E-state index in [9.17, 15) is 18.0 Å². The fourth-order valence-electron chi connectivity index (χ4n) is 3.27. The van der Waals surface area contributed by atoms with Crippen LogP contribution in [0.15, 0.2) is 24.3 Å². The van der Waals surface area contributed by atoms with E-state index >= 15 is 0 Å². The number of rotatable bonds is 6. The third-order valence-corrected chi connectivity index (χ3v) is 7.28. The van der Waals surface area contributed by atoms with Crippen LogP contribution in [0.4, 0.5) is 10.7 Å². The van der Waals surface area contributed by atoms with Gasteiger partial charge >= 0.3 is 5.97 Å². The lowest BCUT2D eigenvalue weighted by Gasteiger charge is -2.22. The third kappa shape index (κ3) is 4.77. The van der Waals surface area contributed by atoms with Crippen molar-refractivity contribution in [1.29, 1.82) is 0 Å². The van der Waals surface area contributed by atoms with Crippen molar-refractivity contribution in [3.63, 3.8) is 0 Å². The van der Waals surface area contributed by atoms with Crippen molar-refractivity contribution in [3.05, 3.63) is 45.3 Å². The highest BCUT2D eigenvalue weighted by Crippen LogP contribution is 2.37. The zero-order valence-corrected chi connectivity index (χ0v) is 19.2. The number of anilines is 2. The molecule has 0 spiro atoms. The van der Waals surface area contributed by atoms with Crippen molar-refractivity contribution in [2.24, 2.45) is 0 Å². The Balaban J connectivity index is 1.90. The highest BCUT2D eigenvalue weighted by molar-refractivity contribution is 7.92. The van der Waals surface area contributed by atoms with Crippen LogP contribution in [0.1, 0.15) is 20.8 Å². The fourth-order valence-corrected chi connectivity index (χ4v) is 5.76. The summed E-state index contributed by atoms with van der Waals surface area (Å²) in [6.45, 7) is 0.968. The minimum atomic E-state index is -3.78. The molecule has 2 aromatic rings. The van der Waals surface area contributed by atoms with Crippen LogP contribution in [0.3, 0.4) is 0 Å². The van der Waals surface area contributed by atoms with Gasteiger partial charge in [-0.1, -0.05) is 23.7 Å². The molecule has 1 amide bonds. The molecule has 162 valence electrons. The molecular formula is C19H22ClN3O5S2. The molecule has 1 aliphatic rings. The first kappa shape index (κ1) is 22.5. The zero-order chi connectivity index (χ0) is 22.1. The Labute approximate surface area is 184 Å². The average Bonchev–Trinajstić information content (AvgIpc) is 3.02. The minimum absolute atomic E-state index is 0.206. The molecular weight excluding hydrogens is 450 g/mol. The second-order valence-corrected chi connectivity index (χ2v) is 10.4. The Bertz CT molecular complexity index is 1080. The minimum Gasteiger partial charge on any atom is -0.465 e. The first-order valence-corrected chi connectivity index (χ1v) is 12.1. The van der Waals surface area contributed by atoms with Crippen molar-refractivity contribution in [3.8, 4) is 0 Å². The number of thiophene rings is 1. The second kappa shape index (κ2) is 8.93. The van der Waals surface area contributed by atoms with Crippen LogP contribution in [0.5, 0.6) is 0 Å². The lowest BCUT2D eigenvalue weighted by molar-refractivity contribution is -0.114. The monoisotopic (exact) mass is 471 g/mol. The molecule has 8 nitrogen and oxygen atoms in total. The number of hydrogen-bond acceptors (Lipinski definition) is 7. The third-order valence-electron chi connectivity index (χ3n) is 4.70. The van der Waals surface area contributed by atoms with Crippen LogP contribution in [-0.2, 0) is 32.5 Å². The molecule has 0 fully saturated rings. The van der Waals surface area contributed by atoms with Gasteiger partial charge in [-0.2, -0.15) is 0 Å². The number of carbonyl (C=O) groups is 2. The predicted molar refractivity (Wildman–Crippen MR) is 118 cm³/mol. The first-order chi connectivity index (χ1) is 14.1. The van der Waals surface area contributed by atoms with Crippen LogP contribution < -0.4 is 9.62 Å². The summed E-state index contributed by atoms with van der Waals surface area (Å²) < 4.78 is 30.4. The number of fused-ring (bicyclic) bond motifs is 1. The van der Waals surface area contributed by atoms with Crippen LogP contribution in [0.2, 0.25) is 5.02 Å². The van der Waals surface area contributed by atoms with Crippen LogP contribution in [0.25, 0.3) is 0 Å². The molecule has 11 heteroatoms. The van der Waals surface area contributed by atoms with E-state index in [1.807, 2.05) is 7.05 Å². The average molecular weight is 472 g/mol. The maximum Gasteiger partial charge on any atom is 0.341 e. The molecule has 0 saturated carbocycles. The van der Waals surface area contributed by atoms with Gasteiger partial charge in [0.1, 0.15) is 11.5 Å². The van der Waals surface area contributed by atoms with Gasteiger partial charge in [0.2, 0.25) is 15.9 Å². The smallest absolute Gasteiger partial charge is 0.341 e. The molecule has 0 unspecified atom stereocenters. The highest BCUT2D eigenvalue weighted by Gasteiger charge is 2.29. The largest absolute Gasteiger partial charge is 0.465 e. The van der Waals surface area contributed by atoms with E-state index in [2.05, 4.69) is 10.2 Å². The van der Waals surface area contributed by atoms with Gasteiger partial charge < -0.3 is 15.0 Å². The number of sulfonamides is 1. The number of benzene rings is 1. The maximum absolute atomic E-state index is 12.8. The molecule has 0 aliphatic carbocycles. The van der Waals surface area contributed by atoms with Crippen LogP contribution in [-0.4, -0.2) is 58.7 Å². The number of ether oxygens (including phenoxy) is 1. The number of nitrogens with one attached hydrogen (secondary N) is 1. The Kier molecular flexibility index (Phi) is 6.71. The van der Waals surface area contributed by atoms with E-state index in [-0.39, 0.29) is 10.7 Å². The molecule has 30 heavy (non-hydrogen) atoms. The number of likely N-dealkylation sites (N-methyl/N-ethyl adjacent to an activating group) is 1. The SMILES string of the molecule is COC(=O)c1c(NC(=O)CN(c2ccccc2Cl)S(C)(=O)=O)sc2c1CCN(C)C2. The summed E-state index contributed by atoms with van der Waals surface area (Å²) in [6, 6.07) is 6.38. The first-order valence-electron chi connectivity index (χ1n) is 9.05. The van der Waals surface area contributed by atoms with E-state index in [1.165, 1.54) is 24.5 Å². The van der Waals surface area contributed by atoms with Gasteiger partial charge in [-0.05, 0) is 31.2 Å². The van der Waals surface area contributed by atoms with Crippen molar-refractivity contribution < 1.29 is 22.7 Å². The van der Waals surface area contributed by atoms with E-state index in [0.29, 0.717) is 23.5 Å². The van der Waals surface area contributed by atoms with Gasteiger partial charge in [-0.3, -0.25) is 9.10 Å². The van der Waals surface area contributed by atoms with E-state index < -0.39 is 28.4 Å². The second-order valence-electron chi connectivity index (χ2n) is 6.96. The lowest BCUT2D eigenvalue weighted by Crippen LogP contribution is -2.37. The Morgan fingerprint density at radius 1 is 1.33 bits per heavy atom. The van der Waals surface area contributed by atoms with Gasteiger partial charge in [0, 0.05) is 18.0 Å². The van der Waals surface area contributed by atoms with Gasteiger partial charge in [-0.15, -0.1) is 11.3 Å². The summed E-state index contributed by atoms with van der Waals surface area (Å²) in [4.78, 5) is 28.2. The van der Waals surface area contributed by atoms with Gasteiger partial charge in [0.05, 0.1) is 29.6 Å². The van der Waals surface area contributed by atoms with Crippen molar-refractivity contribution in [1.82, 2.24) is 4.90 Å². The van der Waals surface area contributed by atoms with Crippen molar-refractivity contribution in [2.75, 3.05) is 43.1 Å². The summed E-state index contributed by atoms with van der Waals surface area (Å²) in [5.41, 5.74) is 1.41. The van der Waals surface area contributed by atoms with E-state index in [0.717, 1.165) is 27.5 Å². The topological polar surface area (TPSA) is 96.0 Å². The Morgan fingerprint density at radius 3 is 2.67 bits per heavy atom. The summed E-state index contributed by atoms with van der Waals surface area (Å²) in [5, 5.41) is 3.27. The number of methoxy groups -OCH3 is 1. The molecule has 1 aliphatic heterocycles. The van der Waals surface area contributed by atoms with E-state index in [1.54, 1.807) is 18.2 Å². The van der Waals surface area contributed by atoms with Crippen LogP contribution >= 0.6 is 22.9 Å². The Morgan fingerprint density at radius 2 is 2.03 bits per heavy atom. The number of hydrogen-bond donors (Lipinski definition) is 1. The maximum atomic E-state index is 12.8. The summed E-state index contributed by atoms with van der Waals surface area (Å²) in [6.07, 6.45) is 1.67. The number of carbonyl (C=O) groups excluding carboxylic acids is 2. The predicted octanol–water partition coefficient (Wildman–Crippen LogP) is 2.58. The standard InChI is InChI=1S/C19H22ClN3O5S2/c1-22-9-8-12-15(10-22)29-18(17(12)19(25)28-2)21-16(24)11-23(30(3,26)27)14-7-5-4-6-13(14)20/h4-7H,8-11H2,1-3H3,(H,21,24). The van der Waals surface area contributed by atoms with Crippen molar-refractivity contribution >= 4 is 55.5 Å². The number of halogens is 1. The number of para-hydroxylation sites is 1. The molecule has 0 radical (unpaired) electrons. The van der Waals surface area contributed by atoms with Gasteiger partial charge in [0.15, 0.2) is 0 Å². The quantitative estimate of drug-likeness (QED) is 0.650. The Hall–Kier alpha value is -2.14. The summed E-state index contributed by atoms with van der Waals surface area (Å²) >= 11 is 7.44. The number of amides is 1. The molecule has 1 aromatic heterocycles.